The van der Waals surface area contributed by atoms with E-state index in [9.17, 15) is 9.90 Å². The summed E-state index contributed by atoms with van der Waals surface area (Å²) in [6, 6.07) is 21.9. The van der Waals surface area contributed by atoms with Crippen molar-refractivity contribution in [1.29, 1.82) is 0 Å². The Morgan fingerprint density at radius 3 is 2.00 bits per heavy atom. The molecule has 1 aliphatic carbocycles. The first-order valence-corrected chi connectivity index (χ1v) is 12.9. The van der Waals surface area contributed by atoms with Crippen molar-refractivity contribution in [2.45, 2.75) is 65.2 Å². The van der Waals surface area contributed by atoms with Crippen LogP contribution in [0.1, 0.15) is 47.5 Å². The molecule has 0 bridgehead atoms. The van der Waals surface area contributed by atoms with Crippen LogP contribution in [0.5, 0.6) is 5.75 Å². The second-order valence-electron chi connectivity index (χ2n) is 9.88. The number of likely N-dealkylation sites (tertiary alicyclic amines) is 1. The van der Waals surface area contributed by atoms with Gasteiger partial charge in [0.1, 0.15) is 24.1 Å². The van der Waals surface area contributed by atoms with Gasteiger partial charge in [0.2, 0.25) is 0 Å². The van der Waals surface area contributed by atoms with Crippen molar-refractivity contribution in [1.82, 2.24) is 9.80 Å². The second-order valence-corrected chi connectivity index (χ2v) is 9.88. The van der Waals surface area contributed by atoms with Crippen LogP contribution in [0.2, 0.25) is 0 Å². The van der Waals surface area contributed by atoms with Crippen molar-refractivity contribution in [3.8, 4) is 5.75 Å². The molecule has 4 rings (SSSR count). The minimum absolute atomic E-state index is 0.195. The van der Waals surface area contributed by atoms with Gasteiger partial charge < -0.3 is 19.5 Å². The predicted molar refractivity (Wildman–Crippen MR) is 142 cm³/mol. The first-order valence-electron chi connectivity index (χ1n) is 12.9. The number of aliphatic hydroxyl groups is 1. The maximum absolute atomic E-state index is 12.4. The highest BCUT2D eigenvalue weighted by Crippen LogP contribution is 2.30. The molecule has 1 saturated heterocycles. The van der Waals surface area contributed by atoms with Gasteiger partial charge in [0.15, 0.2) is 0 Å². The van der Waals surface area contributed by atoms with Gasteiger partial charge in [0.25, 0.3) is 0 Å². The quantitative estimate of drug-likeness (QED) is 0.538. The predicted octanol–water partition coefficient (Wildman–Crippen LogP) is 5.47. The van der Waals surface area contributed by atoms with Gasteiger partial charge in [-0.3, -0.25) is 4.90 Å². The Morgan fingerprint density at radius 1 is 1.00 bits per heavy atom. The molecule has 2 aliphatic rings. The van der Waals surface area contributed by atoms with Crippen LogP contribution in [0.3, 0.4) is 0 Å². The number of hydrogen-bond acceptors (Lipinski definition) is 5. The Bertz CT molecular complexity index is 789. The smallest absolute Gasteiger partial charge is 0.410 e. The topological polar surface area (TPSA) is 62.2 Å². The summed E-state index contributed by atoms with van der Waals surface area (Å²) in [5.74, 6) is 1.22. The monoisotopic (exact) mass is 484 g/mol. The molecule has 35 heavy (non-hydrogen) atoms. The Balaban J connectivity index is 0.000000463. The Kier molecular flexibility index (Phi) is 12.1. The highest BCUT2D eigenvalue weighted by atomic mass is 16.6. The second kappa shape index (κ2) is 14.7. The zero-order valence-electron chi connectivity index (χ0n) is 22.1. The van der Waals surface area contributed by atoms with E-state index in [0.717, 1.165) is 38.2 Å². The van der Waals surface area contributed by atoms with Crippen molar-refractivity contribution in [2.24, 2.45) is 5.92 Å². The molecule has 1 unspecified atom stereocenters. The number of rotatable bonds is 8. The Hall–Kier alpha value is -2.57. The number of hydrogen-bond donors (Lipinski definition) is 1. The van der Waals surface area contributed by atoms with Gasteiger partial charge >= 0.3 is 6.09 Å². The summed E-state index contributed by atoms with van der Waals surface area (Å²) in [6.45, 7) is 13.1. The summed E-state index contributed by atoms with van der Waals surface area (Å²) in [4.78, 5) is 16.5. The molecule has 0 radical (unpaired) electrons. The van der Waals surface area contributed by atoms with Crippen LogP contribution in [0.25, 0.3) is 0 Å². The van der Waals surface area contributed by atoms with E-state index in [1.807, 2.05) is 106 Å². The van der Waals surface area contributed by atoms with Crippen LogP contribution < -0.4 is 4.74 Å². The normalized spacial score (nSPS) is 16.4. The van der Waals surface area contributed by atoms with Crippen LogP contribution in [0.4, 0.5) is 4.79 Å². The number of carbonyl (C=O) groups is 1. The molecule has 1 saturated carbocycles. The molecule has 1 aliphatic heterocycles. The molecule has 1 amide bonds. The van der Waals surface area contributed by atoms with E-state index in [0.29, 0.717) is 18.5 Å². The third-order valence-corrected chi connectivity index (χ3v) is 5.42. The Labute approximate surface area is 211 Å². The summed E-state index contributed by atoms with van der Waals surface area (Å²) in [5, 5.41) is 10.2. The lowest BCUT2D eigenvalue weighted by Gasteiger charge is -2.42. The number of amides is 1. The maximum atomic E-state index is 12.4. The van der Waals surface area contributed by atoms with Crippen molar-refractivity contribution in [2.75, 3.05) is 32.8 Å². The van der Waals surface area contributed by atoms with Gasteiger partial charge in [-0.2, -0.15) is 0 Å². The minimum Gasteiger partial charge on any atom is -0.491 e. The lowest BCUT2D eigenvalue weighted by Crippen LogP contribution is -2.55. The molecule has 194 valence electrons. The van der Waals surface area contributed by atoms with Crippen LogP contribution in [-0.2, 0) is 4.74 Å². The van der Waals surface area contributed by atoms with E-state index in [-0.39, 0.29) is 12.7 Å². The van der Waals surface area contributed by atoms with Crippen LogP contribution in [0.15, 0.2) is 66.7 Å². The lowest BCUT2D eigenvalue weighted by molar-refractivity contribution is -0.00670. The van der Waals surface area contributed by atoms with Crippen molar-refractivity contribution >= 4 is 6.09 Å². The van der Waals surface area contributed by atoms with E-state index >= 15 is 0 Å². The fourth-order valence-electron chi connectivity index (χ4n) is 3.74. The Morgan fingerprint density at radius 2 is 1.51 bits per heavy atom. The van der Waals surface area contributed by atoms with Gasteiger partial charge in [-0.1, -0.05) is 68.4 Å². The van der Waals surface area contributed by atoms with Crippen LogP contribution in [-0.4, -0.2) is 71.5 Å². The summed E-state index contributed by atoms with van der Waals surface area (Å²) >= 11 is 0. The number of β-amino-alcohol motifs (C(OH)–C–C–N with tert-alkyl or cyclic N) is 1. The fraction of sp³-hybridized carbons (Fsp3) is 0.552. The fourth-order valence-corrected chi connectivity index (χ4v) is 3.74. The molecular formula is C29H44N2O4. The zero-order chi connectivity index (χ0) is 25.7. The summed E-state index contributed by atoms with van der Waals surface area (Å²) in [5.41, 5.74) is -0.460. The van der Waals surface area contributed by atoms with Gasteiger partial charge in [-0.25, -0.2) is 4.79 Å². The van der Waals surface area contributed by atoms with Gasteiger partial charge in [0, 0.05) is 38.1 Å². The highest BCUT2D eigenvalue weighted by molar-refractivity contribution is 5.69. The third kappa shape index (κ3) is 11.6. The number of ether oxygens (including phenoxy) is 2. The first kappa shape index (κ1) is 28.7. The zero-order valence-corrected chi connectivity index (χ0v) is 22.1. The number of aliphatic hydroxyl groups excluding tert-OH is 1. The van der Waals surface area contributed by atoms with Crippen molar-refractivity contribution in [3.05, 3.63) is 66.7 Å². The molecule has 1 N–H and O–H groups in total. The molecule has 0 spiro atoms. The number of carbonyl (C=O) groups excluding carboxylic acids is 1. The molecule has 2 aromatic rings. The van der Waals surface area contributed by atoms with E-state index in [1.54, 1.807) is 0 Å². The molecule has 1 heterocycles. The van der Waals surface area contributed by atoms with Crippen LogP contribution >= 0.6 is 0 Å². The summed E-state index contributed by atoms with van der Waals surface area (Å²) in [6.07, 6.45) is 1.44. The maximum Gasteiger partial charge on any atom is 0.410 e. The summed E-state index contributed by atoms with van der Waals surface area (Å²) < 4.78 is 11.2. The molecule has 6 nitrogen and oxygen atoms in total. The average molecular weight is 485 g/mol. The van der Waals surface area contributed by atoms with E-state index in [1.165, 1.54) is 0 Å². The average Bonchev–Trinajstić information content (AvgIpc) is 3.67. The number of benzene rings is 2. The minimum atomic E-state index is -0.517. The molecule has 2 aromatic carbocycles. The van der Waals surface area contributed by atoms with E-state index < -0.39 is 11.7 Å². The highest BCUT2D eigenvalue weighted by Gasteiger charge is 2.39. The number of para-hydroxylation sites is 1. The summed E-state index contributed by atoms with van der Waals surface area (Å²) in [7, 11) is 0. The van der Waals surface area contributed by atoms with E-state index in [2.05, 4.69) is 4.90 Å². The number of nitrogens with zero attached hydrogens (tertiary/aromatic N) is 2. The van der Waals surface area contributed by atoms with Gasteiger partial charge in [-0.05, 0) is 45.7 Å². The van der Waals surface area contributed by atoms with E-state index in [4.69, 9.17) is 9.47 Å². The molecule has 2 fully saturated rings. The van der Waals surface area contributed by atoms with Crippen molar-refractivity contribution in [3.63, 3.8) is 0 Å². The lowest BCUT2D eigenvalue weighted by atomic mass is 9.99. The van der Waals surface area contributed by atoms with Gasteiger partial charge in [0.05, 0.1) is 0 Å². The molecule has 0 aromatic heterocycles. The van der Waals surface area contributed by atoms with Crippen molar-refractivity contribution < 1.29 is 19.4 Å². The largest absolute Gasteiger partial charge is 0.491 e. The van der Waals surface area contributed by atoms with Gasteiger partial charge in [-0.15, -0.1) is 0 Å². The third-order valence-electron chi connectivity index (χ3n) is 5.42. The first-order chi connectivity index (χ1) is 16.8. The standard InChI is InChI=1S/C21H32N2O4.C6H6.C2H6/c1-21(2,3)27-20(25)23(17-9-10-17)13-16-11-22(12-16)14-18(24)15-26-19-7-5-4-6-8-19;1-2-4-6-5-3-1;1-2/h4-8,16-18,24H,9-15H2,1-3H3;1-6H;1-2H3. The molecule has 6 heteroatoms. The SMILES string of the molecule is CC.CC(C)(C)OC(=O)N(CC1CN(CC(O)COc2ccccc2)C1)C1CC1.c1ccccc1. The molecular weight excluding hydrogens is 440 g/mol. The molecule has 1 atom stereocenters. The van der Waals surface area contributed by atoms with Crippen LogP contribution in [0, 0.1) is 5.92 Å².